The molecule has 0 amide bonds. The van der Waals surface area contributed by atoms with Crippen LogP contribution in [0.5, 0.6) is 0 Å². The van der Waals surface area contributed by atoms with Gasteiger partial charge in [-0.15, -0.1) is 0 Å². The van der Waals surface area contributed by atoms with Crippen LogP contribution in [0.25, 0.3) is 0 Å². The molecule has 142 valence electrons. The van der Waals surface area contributed by atoms with Gasteiger partial charge < -0.3 is 0 Å². The monoisotopic (exact) mass is 490 g/mol. The van der Waals surface area contributed by atoms with E-state index in [4.69, 9.17) is 18.9 Å². The van der Waals surface area contributed by atoms with Crippen molar-refractivity contribution in [3.8, 4) is 0 Å². The summed E-state index contributed by atoms with van der Waals surface area (Å²) in [4.78, 5) is 0. The molecule has 2 rings (SSSR count). The molecule has 26 heavy (non-hydrogen) atoms. The predicted molar refractivity (Wildman–Crippen MR) is 107 cm³/mol. The van der Waals surface area contributed by atoms with Crippen LogP contribution in [0.1, 0.15) is 22.3 Å². The van der Waals surface area contributed by atoms with Crippen LogP contribution in [0.3, 0.4) is 0 Å². The van der Waals surface area contributed by atoms with Crippen LogP contribution in [0.2, 0.25) is 0 Å². The first-order chi connectivity index (χ1) is 12.7. The average molecular weight is 488 g/mol. The Morgan fingerprint density at radius 2 is 0.808 bits per heavy atom. The maximum atomic E-state index is 5.41. The van der Waals surface area contributed by atoms with E-state index < -0.39 is 0 Å². The zero-order chi connectivity index (χ0) is 18.8. The zero-order valence-corrected chi connectivity index (χ0v) is 19.2. The van der Waals surface area contributed by atoms with Gasteiger partial charge in [-0.2, -0.15) is 0 Å². The molecular weight excluding hydrogens is 462 g/mol. The summed E-state index contributed by atoms with van der Waals surface area (Å²) >= 11 is 0.643. The summed E-state index contributed by atoms with van der Waals surface area (Å²) < 4.78 is 24.5. The van der Waals surface area contributed by atoms with E-state index >= 15 is 0 Å². The summed E-state index contributed by atoms with van der Waals surface area (Å²) in [5, 5.41) is 0. The van der Waals surface area contributed by atoms with E-state index in [0.29, 0.717) is 52.7 Å². The van der Waals surface area contributed by atoms with Gasteiger partial charge in [-0.05, 0) is 0 Å². The van der Waals surface area contributed by atoms with Crippen molar-refractivity contribution in [2.24, 2.45) is 0 Å². The second-order valence-electron chi connectivity index (χ2n) is 5.71. The molecule has 0 spiro atoms. The van der Waals surface area contributed by atoms with E-state index in [0.717, 1.165) is 0 Å². The molecule has 6 heteroatoms. The van der Waals surface area contributed by atoms with E-state index in [1.807, 2.05) is 0 Å². The van der Waals surface area contributed by atoms with Crippen molar-refractivity contribution in [2.75, 3.05) is 28.4 Å². The van der Waals surface area contributed by atoms with Gasteiger partial charge in [-0.1, -0.05) is 0 Å². The van der Waals surface area contributed by atoms with Crippen LogP contribution in [0.4, 0.5) is 0 Å². The Hall–Kier alpha value is -0.681. The van der Waals surface area contributed by atoms with Crippen molar-refractivity contribution in [3.63, 3.8) is 0 Å². The Balaban J connectivity index is 2.33. The van der Waals surface area contributed by atoms with Crippen LogP contribution < -0.4 is 8.92 Å². The van der Waals surface area contributed by atoms with Gasteiger partial charge in [0.05, 0.1) is 0 Å². The molecule has 4 nitrogen and oxygen atoms in total. The molecule has 0 aromatic heterocycles. The molecule has 0 aliphatic carbocycles. The Labute approximate surface area is 167 Å². The molecule has 0 heterocycles. The van der Waals surface area contributed by atoms with Crippen LogP contribution >= 0.6 is 0 Å². The van der Waals surface area contributed by atoms with Gasteiger partial charge in [-0.3, -0.25) is 0 Å². The van der Waals surface area contributed by atoms with E-state index in [1.165, 1.54) is 31.2 Å². The second kappa shape index (κ2) is 11.9. The van der Waals surface area contributed by atoms with Gasteiger partial charge in [0.1, 0.15) is 0 Å². The zero-order valence-electron chi connectivity index (χ0n) is 15.7. The average Bonchev–Trinajstić information content (AvgIpc) is 2.64. The molecule has 0 N–H and O–H groups in total. The fourth-order valence-electron chi connectivity index (χ4n) is 2.65. The standard InChI is InChI=1S/C20H26O4Se2/c1-21-11-15-7-5-8-16(12-22-2)19(15)25-26-20-17(13-23-3)9-6-10-18(20)14-24-4/h5-10H,11-14H2,1-4H3. The van der Waals surface area contributed by atoms with Gasteiger partial charge >= 0.3 is 168 Å². The van der Waals surface area contributed by atoms with Gasteiger partial charge in [0.25, 0.3) is 0 Å². The minimum atomic E-state index is 0.322. The molecule has 0 radical (unpaired) electrons. The maximum absolute atomic E-state index is 5.41. The Bertz CT molecular complexity index is 584. The molecule has 0 aliphatic rings. The van der Waals surface area contributed by atoms with Crippen molar-refractivity contribution < 1.29 is 18.9 Å². The number of hydrogen-bond acceptors (Lipinski definition) is 4. The fraction of sp³-hybridized carbons (Fsp3) is 0.400. The van der Waals surface area contributed by atoms with E-state index in [1.54, 1.807) is 28.4 Å². The quantitative estimate of drug-likeness (QED) is 0.450. The molecule has 0 unspecified atom stereocenters. The SMILES string of the molecule is COCc1cccc(COC)c1[Se][Se]c1c(COC)cccc1COC. The fourth-order valence-corrected chi connectivity index (χ4v) is 11.4. The summed E-state index contributed by atoms with van der Waals surface area (Å²) in [6.45, 7) is 2.54. The molecule has 0 saturated heterocycles. The van der Waals surface area contributed by atoms with Crippen molar-refractivity contribution >= 4 is 35.2 Å². The predicted octanol–water partition coefficient (Wildman–Crippen LogP) is 1.55. The van der Waals surface area contributed by atoms with Crippen LogP contribution in [0, 0.1) is 0 Å². The first kappa shape index (κ1) is 21.6. The minimum absolute atomic E-state index is 0.322. The summed E-state index contributed by atoms with van der Waals surface area (Å²) in [6, 6.07) is 12.8. The summed E-state index contributed by atoms with van der Waals surface area (Å²) in [5.74, 6) is 0. The number of methoxy groups -OCH3 is 4. The molecule has 0 atom stereocenters. The number of benzene rings is 2. The topological polar surface area (TPSA) is 36.9 Å². The third-order valence-corrected chi connectivity index (χ3v) is 11.4. The molecule has 0 fully saturated rings. The van der Waals surface area contributed by atoms with Crippen molar-refractivity contribution in [1.29, 1.82) is 0 Å². The van der Waals surface area contributed by atoms with E-state index in [-0.39, 0.29) is 0 Å². The van der Waals surface area contributed by atoms with Crippen LogP contribution in [0.15, 0.2) is 36.4 Å². The van der Waals surface area contributed by atoms with Crippen molar-refractivity contribution in [3.05, 3.63) is 58.7 Å². The first-order valence-electron chi connectivity index (χ1n) is 8.26. The normalized spacial score (nSPS) is 11.1. The molecule has 0 saturated carbocycles. The number of rotatable bonds is 11. The van der Waals surface area contributed by atoms with Crippen molar-refractivity contribution in [2.45, 2.75) is 26.4 Å². The molecule has 0 bridgehead atoms. The number of ether oxygens (including phenoxy) is 4. The third-order valence-electron chi connectivity index (χ3n) is 3.76. The van der Waals surface area contributed by atoms with Crippen molar-refractivity contribution in [1.82, 2.24) is 0 Å². The summed E-state index contributed by atoms with van der Waals surface area (Å²) in [7, 11) is 6.98. The van der Waals surface area contributed by atoms with Crippen LogP contribution in [-0.2, 0) is 45.4 Å². The van der Waals surface area contributed by atoms with E-state index in [2.05, 4.69) is 36.4 Å². The summed E-state index contributed by atoms with van der Waals surface area (Å²) in [6.07, 6.45) is 0. The second-order valence-corrected chi connectivity index (χ2v) is 11.8. The first-order valence-corrected chi connectivity index (χ1v) is 14.3. The Kier molecular flexibility index (Phi) is 9.90. The Morgan fingerprint density at radius 1 is 0.538 bits per heavy atom. The van der Waals surface area contributed by atoms with Gasteiger partial charge in [0.2, 0.25) is 0 Å². The van der Waals surface area contributed by atoms with Gasteiger partial charge in [-0.25, -0.2) is 0 Å². The molecule has 2 aromatic rings. The molecule has 2 aromatic carbocycles. The molecule has 0 aliphatic heterocycles. The third kappa shape index (κ3) is 5.91. The summed E-state index contributed by atoms with van der Waals surface area (Å²) in [5.41, 5.74) is 5.06. The number of hydrogen-bond donors (Lipinski definition) is 0. The van der Waals surface area contributed by atoms with Crippen LogP contribution in [-0.4, -0.2) is 54.7 Å². The Morgan fingerprint density at radius 3 is 1.04 bits per heavy atom. The molecular formula is C20H26O4Se2. The van der Waals surface area contributed by atoms with Gasteiger partial charge in [0, 0.05) is 0 Å². The van der Waals surface area contributed by atoms with E-state index in [9.17, 15) is 0 Å². The van der Waals surface area contributed by atoms with Gasteiger partial charge in [0.15, 0.2) is 0 Å².